The van der Waals surface area contributed by atoms with Crippen LogP contribution in [0.4, 0.5) is 0 Å². The van der Waals surface area contributed by atoms with E-state index in [9.17, 15) is 8.42 Å². The number of hydrogen-bond acceptors (Lipinski definition) is 3. The molecule has 8 heteroatoms. The van der Waals surface area contributed by atoms with Crippen LogP contribution >= 0.6 is 0 Å². The molecule has 1 aromatic heterocycles. The van der Waals surface area contributed by atoms with Gasteiger partial charge in [-0.1, -0.05) is 6.92 Å². The van der Waals surface area contributed by atoms with Crippen molar-refractivity contribution in [2.75, 3.05) is 13.1 Å². The second kappa shape index (κ2) is 6.64. The molecule has 2 heterocycles. The minimum absolute atomic E-state index is 0.167. The Hall–Kier alpha value is -2.35. The molecular weight excluding hydrogens is 326 g/mol. The van der Waals surface area contributed by atoms with Gasteiger partial charge in [0.1, 0.15) is 0 Å². The van der Waals surface area contributed by atoms with Crippen LogP contribution in [-0.2, 0) is 10.0 Å². The zero-order valence-corrected chi connectivity index (χ0v) is 14.5. The molecule has 0 saturated heterocycles. The summed E-state index contributed by atoms with van der Waals surface area (Å²) in [7, 11) is -3.82. The number of hydrogen-bond donors (Lipinski definition) is 2. The number of aromatic amines is 1. The lowest BCUT2D eigenvalue weighted by atomic mass is 10.1. The number of nitrogens with zero attached hydrogens (tertiary/aromatic N) is 3. The molecule has 2 N–H and O–H groups in total. The molecule has 0 amide bonds. The van der Waals surface area contributed by atoms with Gasteiger partial charge in [0.15, 0.2) is 0 Å². The number of rotatable bonds is 4. The Morgan fingerprint density at radius 2 is 2.25 bits per heavy atom. The van der Waals surface area contributed by atoms with Gasteiger partial charge < -0.3 is 10.3 Å². The zero-order chi connectivity index (χ0) is 17.2. The van der Waals surface area contributed by atoms with Crippen LogP contribution in [0.1, 0.15) is 20.3 Å². The third kappa shape index (κ3) is 3.28. The summed E-state index contributed by atoms with van der Waals surface area (Å²) in [5.41, 5.74) is 0.889. The van der Waals surface area contributed by atoms with E-state index in [1.54, 1.807) is 29.4 Å². The minimum Gasteiger partial charge on any atom is -0.361 e. The maximum Gasteiger partial charge on any atom is 0.285 e. The summed E-state index contributed by atoms with van der Waals surface area (Å²) in [4.78, 5) is 3.21. The quantitative estimate of drug-likeness (QED) is 0.655. The van der Waals surface area contributed by atoms with Crippen LogP contribution in [0.15, 0.2) is 44.9 Å². The number of aromatic nitrogens is 1. The first-order valence-corrected chi connectivity index (χ1v) is 9.45. The summed E-state index contributed by atoms with van der Waals surface area (Å²) in [5.74, 6) is 0.576. The Balaban J connectivity index is 1.93. The molecule has 0 radical (unpaired) electrons. The molecule has 0 aliphatic carbocycles. The molecule has 1 aliphatic rings. The second-order valence-corrected chi connectivity index (χ2v) is 7.27. The van der Waals surface area contributed by atoms with Crippen LogP contribution < -0.4 is 5.32 Å². The van der Waals surface area contributed by atoms with Crippen molar-refractivity contribution < 1.29 is 8.42 Å². The van der Waals surface area contributed by atoms with Crippen molar-refractivity contribution in [3.8, 4) is 0 Å². The molecule has 0 spiro atoms. The summed E-state index contributed by atoms with van der Waals surface area (Å²) >= 11 is 0. The third-order valence-corrected chi connectivity index (χ3v) is 5.22. The number of nitrogens with one attached hydrogen (secondary N) is 2. The van der Waals surface area contributed by atoms with E-state index in [-0.39, 0.29) is 10.9 Å². The van der Waals surface area contributed by atoms with Crippen LogP contribution in [0.2, 0.25) is 0 Å². The molecule has 0 saturated carbocycles. The average Bonchev–Trinajstić information content (AvgIpc) is 3.22. The van der Waals surface area contributed by atoms with Crippen LogP contribution in [-0.4, -0.2) is 43.7 Å². The lowest BCUT2D eigenvalue weighted by molar-refractivity contribution is 0.426. The number of sulfonamides is 1. The second-order valence-electron chi connectivity index (χ2n) is 5.66. The molecule has 7 nitrogen and oxygen atoms in total. The minimum atomic E-state index is -3.82. The maximum atomic E-state index is 12.7. The van der Waals surface area contributed by atoms with Crippen molar-refractivity contribution in [1.82, 2.24) is 15.3 Å². The fourth-order valence-corrected chi connectivity index (χ4v) is 3.56. The number of fused-ring (bicyclic) bond motifs is 1. The smallest absolute Gasteiger partial charge is 0.285 e. The number of hydrazone groups is 1. The van der Waals surface area contributed by atoms with E-state index in [1.165, 1.54) is 0 Å². The van der Waals surface area contributed by atoms with E-state index in [0.717, 1.165) is 17.3 Å². The SMILES string of the molecule is CCN/C(=N\S(=O)(=O)c1ccc2[nH]ccc2c1)N1CC(CC)C=N1. The van der Waals surface area contributed by atoms with E-state index in [2.05, 4.69) is 26.7 Å². The molecule has 0 fully saturated rings. The van der Waals surface area contributed by atoms with Gasteiger partial charge in [0, 0.05) is 35.8 Å². The zero-order valence-electron chi connectivity index (χ0n) is 13.7. The molecule has 128 valence electrons. The van der Waals surface area contributed by atoms with Gasteiger partial charge in [-0.25, -0.2) is 5.01 Å². The van der Waals surface area contributed by atoms with E-state index in [4.69, 9.17) is 0 Å². The van der Waals surface area contributed by atoms with Crippen molar-refractivity contribution >= 4 is 33.1 Å². The molecule has 3 rings (SSSR count). The predicted molar refractivity (Wildman–Crippen MR) is 95.6 cm³/mol. The van der Waals surface area contributed by atoms with Gasteiger partial charge in [0.25, 0.3) is 10.0 Å². The van der Waals surface area contributed by atoms with Gasteiger partial charge in [-0.3, -0.25) is 0 Å². The molecule has 1 atom stereocenters. The summed E-state index contributed by atoms with van der Waals surface area (Å²) in [5, 5.41) is 9.73. The largest absolute Gasteiger partial charge is 0.361 e. The Bertz CT molecular complexity index is 885. The Labute approximate surface area is 141 Å². The van der Waals surface area contributed by atoms with Gasteiger partial charge >= 0.3 is 0 Å². The van der Waals surface area contributed by atoms with E-state index in [1.807, 2.05) is 19.2 Å². The lowest BCUT2D eigenvalue weighted by Gasteiger charge is -2.18. The average molecular weight is 347 g/mol. The molecule has 1 aliphatic heterocycles. The topological polar surface area (TPSA) is 89.9 Å². The Morgan fingerprint density at radius 1 is 1.42 bits per heavy atom. The first-order valence-electron chi connectivity index (χ1n) is 8.01. The molecule has 1 aromatic carbocycles. The summed E-state index contributed by atoms with van der Waals surface area (Å²) < 4.78 is 29.3. The standard InChI is InChI=1S/C16H21N5O2S/c1-3-12-10-19-21(11-12)16(17-4-2)20-24(22,23)14-5-6-15-13(9-14)7-8-18-15/h5-10,12,18H,3-4,11H2,1-2H3,(H,17,20). The molecule has 0 bridgehead atoms. The third-order valence-electron chi connectivity index (χ3n) is 3.96. The van der Waals surface area contributed by atoms with Gasteiger partial charge in [0.05, 0.1) is 11.4 Å². The highest BCUT2D eigenvalue weighted by atomic mass is 32.2. The summed E-state index contributed by atoms with van der Waals surface area (Å²) in [6, 6.07) is 6.76. The van der Waals surface area contributed by atoms with Crippen molar-refractivity contribution in [3.63, 3.8) is 0 Å². The van der Waals surface area contributed by atoms with Gasteiger partial charge in [-0.15, -0.1) is 4.40 Å². The summed E-state index contributed by atoms with van der Waals surface area (Å²) in [6.45, 7) is 5.17. The number of guanidine groups is 1. The van der Waals surface area contributed by atoms with Crippen LogP contribution in [0.3, 0.4) is 0 Å². The van der Waals surface area contributed by atoms with Gasteiger partial charge in [0.2, 0.25) is 5.96 Å². The van der Waals surface area contributed by atoms with Crippen LogP contribution in [0, 0.1) is 5.92 Å². The predicted octanol–water partition coefficient (Wildman–Crippen LogP) is 2.15. The van der Waals surface area contributed by atoms with Crippen molar-refractivity contribution in [2.24, 2.45) is 15.4 Å². The normalized spacial score (nSPS) is 18.5. The highest BCUT2D eigenvalue weighted by molar-refractivity contribution is 7.90. The molecular formula is C16H21N5O2S. The fourth-order valence-electron chi connectivity index (χ4n) is 2.55. The van der Waals surface area contributed by atoms with E-state index < -0.39 is 10.0 Å². The van der Waals surface area contributed by atoms with E-state index >= 15 is 0 Å². The van der Waals surface area contributed by atoms with E-state index in [0.29, 0.717) is 19.0 Å². The maximum absolute atomic E-state index is 12.7. The van der Waals surface area contributed by atoms with Crippen LogP contribution in [0.5, 0.6) is 0 Å². The Morgan fingerprint density at radius 3 is 2.96 bits per heavy atom. The van der Waals surface area contributed by atoms with Crippen molar-refractivity contribution in [2.45, 2.75) is 25.2 Å². The number of H-pyrrole nitrogens is 1. The van der Waals surface area contributed by atoms with Crippen molar-refractivity contribution in [1.29, 1.82) is 0 Å². The molecule has 1 unspecified atom stereocenters. The molecule has 2 aromatic rings. The number of benzene rings is 1. The lowest BCUT2D eigenvalue weighted by Crippen LogP contribution is -2.38. The van der Waals surface area contributed by atoms with Crippen molar-refractivity contribution in [3.05, 3.63) is 30.5 Å². The Kier molecular flexibility index (Phi) is 4.57. The highest BCUT2D eigenvalue weighted by Gasteiger charge is 2.23. The summed E-state index contributed by atoms with van der Waals surface area (Å²) in [6.07, 6.45) is 4.57. The first kappa shape index (κ1) is 16.5. The monoisotopic (exact) mass is 347 g/mol. The highest BCUT2D eigenvalue weighted by Crippen LogP contribution is 2.20. The fraction of sp³-hybridized carbons (Fsp3) is 0.375. The first-order chi connectivity index (χ1) is 11.5. The van der Waals surface area contributed by atoms with Crippen LogP contribution in [0.25, 0.3) is 10.9 Å². The van der Waals surface area contributed by atoms with Gasteiger partial charge in [-0.2, -0.15) is 13.5 Å². The van der Waals surface area contributed by atoms with Gasteiger partial charge in [-0.05, 0) is 37.6 Å². The molecule has 24 heavy (non-hydrogen) atoms.